The Morgan fingerprint density at radius 2 is 1.64 bits per heavy atom. The normalized spacial score (nSPS) is 11.7. The van der Waals surface area contributed by atoms with Gasteiger partial charge in [0.2, 0.25) is 0 Å². The molecule has 0 radical (unpaired) electrons. The van der Waals surface area contributed by atoms with Gasteiger partial charge in [0.05, 0.1) is 23.9 Å². The van der Waals surface area contributed by atoms with Crippen LogP contribution in [0.25, 0.3) is 22.0 Å². The molecule has 0 atom stereocenters. The van der Waals surface area contributed by atoms with E-state index in [2.05, 4.69) is 27.9 Å². The average Bonchev–Trinajstić information content (AvgIpc) is 3.33. The molecule has 42 heavy (non-hydrogen) atoms. The second-order valence-electron chi connectivity index (χ2n) is 9.58. The first-order chi connectivity index (χ1) is 20.3. The van der Waals surface area contributed by atoms with Crippen LogP contribution >= 0.6 is 0 Å². The summed E-state index contributed by atoms with van der Waals surface area (Å²) in [6, 6.07) is 27.1. The van der Waals surface area contributed by atoms with Crippen molar-refractivity contribution < 1.29 is 32.6 Å². The number of carboxylic acids is 1. The van der Waals surface area contributed by atoms with Gasteiger partial charge in [0.25, 0.3) is 0 Å². The fourth-order valence-corrected chi connectivity index (χ4v) is 4.59. The molecule has 5 aromatic rings. The van der Waals surface area contributed by atoms with E-state index >= 15 is 0 Å². The van der Waals surface area contributed by atoms with Crippen LogP contribution < -0.4 is 4.74 Å². The topological polar surface area (TPSA) is 73.1 Å². The highest BCUT2D eigenvalue weighted by atomic mass is 19.4. The van der Waals surface area contributed by atoms with E-state index in [1.165, 1.54) is 35.9 Å². The van der Waals surface area contributed by atoms with Crippen LogP contribution in [-0.4, -0.2) is 35.1 Å². The minimum absolute atomic E-state index is 0.0000403. The fourth-order valence-electron chi connectivity index (χ4n) is 4.59. The minimum atomic E-state index is -4.47. The zero-order valence-electron chi connectivity index (χ0n) is 22.4. The smallest absolute Gasteiger partial charge is 0.416 e. The second kappa shape index (κ2) is 12.6. The monoisotopic (exact) mass is 572 g/mol. The van der Waals surface area contributed by atoms with Crippen molar-refractivity contribution in [3.05, 3.63) is 126 Å². The summed E-state index contributed by atoms with van der Waals surface area (Å²) in [5, 5.41) is 14.6. The number of oxime groups is 1. The molecule has 214 valence electrons. The summed E-state index contributed by atoms with van der Waals surface area (Å²) in [5.41, 5.74) is 3.22. The minimum Gasteiger partial charge on any atom is -0.493 e. The molecule has 0 aliphatic heterocycles. The number of hydrogen-bond donors (Lipinski definition) is 1. The molecule has 0 aliphatic carbocycles. The summed E-state index contributed by atoms with van der Waals surface area (Å²) < 4.78 is 47.0. The molecule has 0 spiro atoms. The number of ether oxygens (including phenoxy) is 1. The van der Waals surface area contributed by atoms with Crippen LogP contribution in [0.5, 0.6) is 5.75 Å². The van der Waals surface area contributed by atoms with E-state index in [-0.39, 0.29) is 18.8 Å². The Balaban J connectivity index is 1.19. The third-order valence-electron chi connectivity index (χ3n) is 6.67. The van der Waals surface area contributed by atoms with Gasteiger partial charge in [-0.15, -0.1) is 0 Å². The molecular weight excluding hydrogens is 545 g/mol. The Bertz CT molecular complexity index is 1690. The predicted molar refractivity (Wildman–Crippen MR) is 155 cm³/mol. The van der Waals surface area contributed by atoms with E-state index in [1.807, 2.05) is 42.6 Å². The third-order valence-corrected chi connectivity index (χ3v) is 6.67. The number of nitrogens with zero attached hydrogens (tertiary/aromatic N) is 2. The van der Waals surface area contributed by atoms with Crippen molar-refractivity contribution >= 4 is 23.1 Å². The molecule has 0 fully saturated rings. The van der Waals surface area contributed by atoms with Crippen LogP contribution in [0.4, 0.5) is 13.2 Å². The maximum absolute atomic E-state index is 13.0. The van der Waals surface area contributed by atoms with Gasteiger partial charge in [-0.25, -0.2) is 4.79 Å². The van der Waals surface area contributed by atoms with Crippen molar-refractivity contribution in [1.29, 1.82) is 0 Å². The van der Waals surface area contributed by atoms with Crippen LogP contribution in [0.3, 0.4) is 0 Å². The number of carbonyl (C=O) groups is 1. The number of rotatable bonds is 11. The second-order valence-corrected chi connectivity index (χ2v) is 9.58. The summed E-state index contributed by atoms with van der Waals surface area (Å²) in [4.78, 5) is 16.9. The molecule has 1 heterocycles. The fraction of sp³-hybridized carbons (Fsp3) is 0.152. The molecule has 0 saturated carbocycles. The number of halogens is 3. The van der Waals surface area contributed by atoms with E-state index in [0.717, 1.165) is 35.1 Å². The van der Waals surface area contributed by atoms with Crippen molar-refractivity contribution in [2.24, 2.45) is 5.16 Å². The Morgan fingerprint density at radius 3 is 2.38 bits per heavy atom. The Hall–Kier alpha value is -5.05. The van der Waals surface area contributed by atoms with Crippen molar-refractivity contribution in [3.8, 4) is 16.9 Å². The van der Waals surface area contributed by atoms with Crippen molar-refractivity contribution in [1.82, 2.24) is 4.57 Å². The maximum Gasteiger partial charge on any atom is 0.416 e. The summed E-state index contributed by atoms with van der Waals surface area (Å²) in [6.45, 7) is 1.23. The standard InChI is InChI=1S/C33H27F3N2O4/c34-33(35,36)27-14-11-24(12-15-27)29-19-25(32(39)40)13-16-31(29)41-17-6-18-42-37-20-26-22-38(21-23-7-2-1-3-8-23)30-10-5-4-9-28(26)30/h1-5,7-16,19-20,22H,6,17-18,21H2,(H,39,40)/b37-20-. The highest BCUT2D eigenvalue weighted by molar-refractivity contribution is 5.99. The summed E-state index contributed by atoms with van der Waals surface area (Å²) in [6.07, 6.45) is -0.280. The number of aromatic nitrogens is 1. The van der Waals surface area contributed by atoms with Gasteiger partial charge in [-0.3, -0.25) is 0 Å². The van der Waals surface area contributed by atoms with Crippen LogP contribution in [-0.2, 0) is 17.6 Å². The summed E-state index contributed by atoms with van der Waals surface area (Å²) >= 11 is 0. The lowest BCUT2D eigenvalue weighted by Crippen LogP contribution is -2.05. The van der Waals surface area contributed by atoms with E-state index < -0.39 is 17.7 Å². The molecule has 6 nitrogen and oxygen atoms in total. The van der Waals surface area contributed by atoms with Gasteiger partial charge in [-0.2, -0.15) is 13.2 Å². The highest BCUT2D eigenvalue weighted by Gasteiger charge is 2.30. The molecule has 0 unspecified atom stereocenters. The highest BCUT2D eigenvalue weighted by Crippen LogP contribution is 2.35. The number of alkyl halides is 3. The van der Waals surface area contributed by atoms with E-state index in [0.29, 0.717) is 23.3 Å². The van der Waals surface area contributed by atoms with Crippen LogP contribution in [0, 0.1) is 0 Å². The number of hydrogen-bond acceptors (Lipinski definition) is 4. The lowest BCUT2D eigenvalue weighted by Gasteiger charge is -2.13. The SMILES string of the molecule is O=C(O)c1ccc(OCCCO/N=C\c2cn(Cc3ccccc3)c3ccccc23)c(-c2ccc(C(F)(F)F)cc2)c1. The van der Waals surface area contributed by atoms with Crippen LogP contribution in [0.15, 0.2) is 108 Å². The molecule has 1 aromatic heterocycles. The molecular formula is C33H27F3N2O4. The molecule has 5 rings (SSSR count). The first-order valence-electron chi connectivity index (χ1n) is 13.2. The van der Waals surface area contributed by atoms with Gasteiger partial charge >= 0.3 is 12.1 Å². The average molecular weight is 573 g/mol. The number of aromatic carboxylic acids is 1. The Labute approximate surface area is 240 Å². The maximum atomic E-state index is 13.0. The first-order valence-corrected chi connectivity index (χ1v) is 13.2. The predicted octanol–water partition coefficient (Wildman–Crippen LogP) is 7.89. The van der Waals surface area contributed by atoms with E-state index in [9.17, 15) is 23.1 Å². The molecule has 0 aliphatic rings. The summed E-state index contributed by atoms with van der Waals surface area (Å²) in [5.74, 6) is -0.793. The number of para-hydroxylation sites is 1. The molecule has 4 aromatic carbocycles. The largest absolute Gasteiger partial charge is 0.493 e. The Morgan fingerprint density at radius 1 is 0.905 bits per heavy atom. The summed E-state index contributed by atoms with van der Waals surface area (Å²) in [7, 11) is 0. The molecule has 0 bridgehead atoms. The molecule has 0 amide bonds. The number of fused-ring (bicyclic) bond motifs is 1. The van der Waals surface area contributed by atoms with Crippen LogP contribution in [0.2, 0.25) is 0 Å². The van der Waals surface area contributed by atoms with E-state index in [4.69, 9.17) is 9.57 Å². The van der Waals surface area contributed by atoms with Gasteiger partial charge in [0.15, 0.2) is 0 Å². The van der Waals surface area contributed by atoms with Gasteiger partial charge in [-0.1, -0.05) is 65.8 Å². The van der Waals surface area contributed by atoms with Crippen molar-refractivity contribution in [2.45, 2.75) is 19.1 Å². The number of benzene rings is 4. The van der Waals surface area contributed by atoms with Gasteiger partial charge in [0.1, 0.15) is 12.4 Å². The zero-order valence-corrected chi connectivity index (χ0v) is 22.4. The quantitative estimate of drug-likeness (QED) is 0.0992. The lowest BCUT2D eigenvalue weighted by atomic mass is 10.0. The van der Waals surface area contributed by atoms with E-state index in [1.54, 1.807) is 6.21 Å². The van der Waals surface area contributed by atoms with Crippen molar-refractivity contribution in [2.75, 3.05) is 13.2 Å². The lowest BCUT2D eigenvalue weighted by molar-refractivity contribution is -0.137. The van der Waals surface area contributed by atoms with Crippen LogP contribution in [0.1, 0.15) is 33.5 Å². The third kappa shape index (κ3) is 6.80. The molecule has 1 N–H and O–H groups in total. The zero-order chi connectivity index (χ0) is 29.5. The van der Waals surface area contributed by atoms with Gasteiger partial charge in [-0.05, 0) is 47.5 Å². The molecule has 9 heteroatoms. The number of carboxylic acid groups (broad SMARTS) is 1. The van der Waals surface area contributed by atoms with Gasteiger partial charge in [0, 0.05) is 41.2 Å². The first kappa shape index (κ1) is 28.5. The molecule has 0 saturated heterocycles. The Kier molecular flexibility index (Phi) is 8.57. The van der Waals surface area contributed by atoms with Crippen molar-refractivity contribution in [3.63, 3.8) is 0 Å². The van der Waals surface area contributed by atoms with Gasteiger partial charge < -0.3 is 19.2 Å².